The zero-order chi connectivity index (χ0) is 14.4. The van der Waals surface area contributed by atoms with Crippen LogP contribution >= 0.6 is 45.8 Å². The first-order valence-electron chi connectivity index (χ1n) is 5.36. The number of methoxy groups -OCH3 is 1. The summed E-state index contributed by atoms with van der Waals surface area (Å²) in [7, 11) is 1.31. The van der Waals surface area contributed by atoms with Gasteiger partial charge in [-0.05, 0) is 17.7 Å². The highest BCUT2D eigenvalue weighted by Crippen LogP contribution is 2.22. The fraction of sp³-hybridized carbons (Fsp3) is 0.333. The molecule has 7 heteroatoms. The van der Waals surface area contributed by atoms with E-state index in [1.807, 2.05) is 22.6 Å². The molecule has 0 aliphatic heterocycles. The number of ether oxygens (including phenoxy) is 1. The fourth-order valence-corrected chi connectivity index (χ4v) is 2.11. The minimum atomic E-state index is -0.402. The van der Waals surface area contributed by atoms with Crippen LogP contribution in [0.25, 0.3) is 0 Å². The van der Waals surface area contributed by atoms with Gasteiger partial charge in [-0.2, -0.15) is 0 Å². The first kappa shape index (κ1) is 16.5. The molecular weight excluding hydrogens is 404 g/mol. The van der Waals surface area contributed by atoms with Crippen LogP contribution in [-0.4, -0.2) is 29.5 Å². The van der Waals surface area contributed by atoms with Gasteiger partial charge in [0.05, 0.1) is 23.6 Å². The molecule has 0 fully saturated rings. The fourth-order valence-electron chi connectivity index (χ4n) is 1.31. The third kappa shape index (κ3) is 5.54. The van der Waals surface area contributed by atoms with Crippen molar-refractivity contribution in [3.8, 4) is 0 Å². The van der Waals surface area contributed by atoms with Crippen LogP contribution in [0.15, 0.2) is 18.2 Å². The Balaban J connectivity index is 2.47. The van der Waals surface area contributed by atoms with Crippen molar-refractivity contribution in [2.24, 2.45) is 0 Å². The molecule has 1 atom stereocenters. The summed E-state index contributed by atoms with van der Waals surface area (Å²) in [6.45, 7) is 0.230. The molecule has 0 spiro atoms. The third-order valence-corrected chi connectivity index (χ3v) is 3.97. The normalized spacial score (nSPS) is 11.8. The minimum absolute atomic E-state index is 0.182. The van der Waals surface area contributed by atoms with E-state index in [0.29, 0.717) is 10.0 Å². The molecule has 19 heavy (non-hydrogen) atoms. The van der Waals surface area contributed by atoms with Gasteiger partial charge in [0.1, 0.15) is 3.92 Å². The number of benzene rings is 1. The molecule has 1 aromatic carbocycles. The number of alkyl halides is 1. The van der Waals surface area contributed by atoms with Gasteiger partial charge < -0.3 is 10.1 Å². The van der Waals surface area contributed by atoms with Crippen molar-refractivity contribution in [2.45, 2.75) is 10.3 Å². The maximum Gasteiger partial charge on any atom is 0.320 e. The number of amides is 1. The van der Waals surface area contributed by atoms with Crippen LogP contribution < -0.4 is 5.32 Å². The van der Waals surface area contributed by atoms with Gasteiger partial charge in [-0.1, -0.05) is 51.9 Å². The maximum atomic E-state index is 11.7. The summed E-state index contributed by atoms with van der Waals surface area (Å²) in [6.07, 6.45) is 0.182. The smallest absolute Gasteiger partial charge is 0.320 e. The van der Waals surface area contributed by atoms with Gasteiger partial charge in [0.25, 0.3) is 0 Å². The van der Waals surface area contributed by atoms with Crippen molar-refractivity contribution in [3.63, 3.8) is 0 Å². The Morgan fingerprint density at radius 1 is 1.37 bits per heavy atom. The lowest BCUT2D eigenvalue weighted by Gasteiger charge is -2.09. The summed E-state index contributed by atoms with van der Waals surface area (Å²) in [4.78, 5) is 22.8. The lowest BCUT2D eigenvalue weighted by molar-refractivity contribution is -0.139. The second-order valence-corrected chi connectivity index (χ2v) is 6.04. The summed E-state index contributed by atoms with van der Waals surface area (Å²) in [5.41, 5.74) is 0.759. The number of carbonyl (C=O) groups excluding carboxylic acids is 2. The van der Waals surface area contributed by atoms with Crippen LogP contribution in [0.3, 0.4) is 0 Å². The molecule has 0 bridgehead atoms. The molecule has 4 nitrogen and oxygen atoms in total. The lowest BCUT2D eigenvalue weighted by atomic mass is 10.1. The molecule has 1 aromatic rings. The van der Waals surface area contributed by atoms with E-state index in [0.717, 1.165) is 5.56 Å². The van der Waals surface area contributed by atoms with Gasteiger partial charge in [-0.3, -0.25) is 9.59 Å². The Morgan fingerprint density at radius 2 is 2.05 bits per heavy atom. The van der Waals surface area contributed by atoms with Crippen molar-refractivity contribution < 1.29 is 14.3 Å². The Bertz CT molecular complexity index is 482. The van der Waals surface area contributed by atoms with Crippen molar-refractivity contribution >= 4 is 57.7 Å². The molecule has 1 unspecified atom stereocenters. The maximum absolute atomic E-state index is 11.7. The summed E-state index contributed by atoms with van der Waals surface area (Å²) in [5.74, 6) is -0.556. The molecule has 1 rings (SSSR count). The highest BCUT2D eigenvalue weighted by atomic mass is 127. The standard InChI is InChI=1S/C12H12Cl2INO3/c1-19-12(18)10(15)6-16-11(17)5-7-2-3-8(13)9(14)4-7/h2-4,10H,5-6H2,1H3,(H,16,17). The molecule has 0 aromatic heterocycles. The quantitative estimate of drug-likeness (QED) is 0.457. The van der Waals surface area contributed by atoms with Gasteiger partial charge in [0.15, 0.2) is 0 Å². The number of hydrogen-bond donors (Lipinski definition) is 1. The Labute approximate surface area is 134 Å². The zero-order valence-electron chi connectivity index (χ0n) is 10.1. The predicted octanol–water partition coefficient (Wildman–Crippen LogP) is 2.63. The van der Waals surface area contributed by atoms with Crippen LogP contribution in [0, 0.1) is 0 Å². The van der Waals surface area contributed by atoms with Crippen LogP contribution in [0.4, 0.5) is 0 Å². The first-order valence-corrected chi connectivity index (χ1v) is 7.36. The molecule has 0 saturated carbocycles. The molecule has 0 heterocycles. The van der Waals surface area contributed by atoms with Crippen LogP contribution in [0.2, 0.25) is 10.0 Å². The SMILES string of the molecule is COC(=O)C(I)CNC(=O)Cc1ccc(Cl)c(Cl)c1. The second kappa shape index (κ2) is 7.91. The highest BCUT2D eigenvalue weighted by Gasteiger charge is 2.16. The predicted molar refractivity (Wildman–Crippen MR) is 83.0 cm³/mol. The molecule has 0 radical (unpaired) electrons. The van der Waals surface area contributed by atoms with E-state index < -0.39 is 3.92 Å². The van der Waals surface area contributed by atoms with E-state index in [9.17, 15) is 9.59 Å². The van der Waals surface area contributed by atoms with E-state index in [1.165, 1.54) is 7.11 Å². The topological polar surface area (TPSA) is 55.4 Å². The van der Waals surface area contributed by atoms with Crippen LogP contribution in [0.1, 0.15) is 5.56 Å². The number of hydrogen-bond acceptors (Lipinski definition) is 3. The van der Waals surface area contributed by atoms with E-state index >= 15 is 0 Å². The molecule has 104 valence electrons. The van der Waals surface area contributed by atoms with Crippen molar-refractivity contribution in [3.05, 3.63) is 33.8 Å². The van der Waals surface area contributed by atoms with Crippen molar-refractivity contribution in [1.29, 1.82) is 0 Å². The Hall–Kier alpha value is -0.530. The van der Waals surface area contributed by atoms with Crippen molar-refractivity contribution in [1.82, 2.24) is 5.32 Å². The van der Waals surface area contributed by atoms with Crippen molar-refractivity contribution in [2.75, 3.05) is 13.7 Å². The van der Waals surface area contributed by atoms with E-state index in [2.05, 4.69) is 10.1 Å². The average Bonchev–Trinajstić information content (AvgIpc) is 2.39. The monoisotopic (exact) mass is 415 g/mol. The molecule has 0 aliphatic carbocycles. The van der Waals surface area contributed by atoms with E-state index in [1.54, 1.807) is 18.2 Å². The molecule has 1 amide bonds. The summed E-state index contributed by atoms with van der Waals surface area (Å²) in [5, 5.41) is 3.52. The minimum Gasteiger partial charge on any atom is -0.468 e. The zero-order valence-corrected chi connectivity index (χ0v) is 13.8. The van der Waals surface area contributed by atoms with E-state index in [4.69, 9.17) is 23.2 Å². The van der Waals surface area contributed by atoms with Gasteiger partial charge in [0, 0.05) is 6.54 Å². The number of rotatable bonds is 5. The first-order chi connectivity index (χ1) is 8.93. The lowest BCUT2D eigenvalue weighted by Crippen LogP contribution is -2.34. The number of nitrogens with one attached hydrogen (secondary N) is 1. The third-order valence-electron chi connectivity index (χ3n) is 2.28. The Morgan fingerprint density at radius 3 is 2.63 bits per heavy atom. The number of halogens is 3. The Kier molecular flexibility index (Phi) is 6.88. The summed E-state index contributed by atoms with van der Waals surface area (Å²) < 4.78 is 4.16. The molecule has 0 saturated heterocycles. The van der Waals surface area contributed by atoms with Gasteiger partial charge in [0.2, 0.25) is 5.91 Å². The average molecular weight is 416 g/mol. The van der Waals surface area contributed by atoms with Crippen LogP contribution in [0.5, 0.6) is 0 Å². The van der Waals surface area contributed by atoms with E-state index in [-0.39, 0.29) is 24.8 Å². The summed E-state index contributed by atoms with van der Waals surface area (Å²) >= 11 is 13.6. The van der Waals surface area contributed by atoms with Gasteiger partial charge in [-0.15, -0.1) is 0 Å². The molecular formula is C12H12Cl2INO3. The van der Waals surface area contributed by atoms with Gasteiger partial charge >= 0.3 is 5.97 Å². The highest BCUT2D eigenvalue weighted by molar-refractivity contribution is 14.1. The largest absolute Gasteiger partial charge is 0.468 e. The number of esters is 1. The molecule has 1 N–H and O–H groups in total. The second-order valence-electron chi connectivity index (χ2n) is 3.72. The molecule has 0 aliphatic rings. The number of carbonyl (C=O) groups is 2. The van der Waals surface area contributed by atoms with Crippen LogP contribution in [-0.2, 0) is 20.7 Å². The summed E-state index contributed by atoms with van der Waals surface area (Å²) in [6, 6.07) is 5.02. The van der Waals surface area contributed by atoms with Gasteiger partial charge in [-0.25, -0.2) is 0 Å².